The number of urea groups is 1. The number of hydrogen-bond acceptors (Lipinski definition) is 4. The molecule has 3 rings (SSSR count). The summed E-state index contributed by atoms with van der Waals surface area (Å²) in [7, 11) is 0. The summed E-state index contributed by atoms with van der Waals surface area (Å²) in [5.41, 5.74) is 6.75. The third-order valence-corrected chi connectivity index (χ3v) is 4.44. The van der Waals surface area contributed by atoms with Crippen molar-refractivity contribution < 1.29 is 14.4 Å². The van der Waals surface area contributed by atoms with E-state index >= 15 is 0 Å². The molecule has 1 aromatic heterocycles. The van der Waals surface area contributed by atoms with Crippen LogP contribution in [0.2, 0.25) is 0 Å². The number of rotatable bonds is 5. The van der Waals surface area contributed by atoms with Crippen LogP contribution in [0.25, 0.3) is 0 Å². The SMILES string of the molecule is NC(=O)Nc1ccc(NC(=O)c2ccccc2C(=O)c2cccs2)cc1. The lowest BCUT2D eigenvalue weighted by atomic mass is 10.0. The van der Waals surface area contributed by atoms with E-state index in [2.05, 4.69) is 10.6 Å². The van der Waals surface area contributed by atoms with Crippen LogP contribution in [0, 0.1) is 0 Å². The van der Waals surface area contributed by atoms with Crippen molar-refractivity contribution in [3.05, 3.63) is 82.0 Å². The molecule has 4 N–H and O–H groups in total. The van der Waals surface area contributed by atoms with Crippen molar-refractivity contribution in [2.24, 2.45) is 5.73 Å². The van der Waals surface area contributed by atoms with Gasteiger partial charge < -0.3 is 16.4 Å². The zero-order chi connectivity index (χ0) is 18.5. The van der Waals surface area contributed by atoms with Gasteiger partial charge >= 0.3 is 6.03 Å². The molecule has 0 bridgehead atoms. The highest BCUT2D eigenvalue weighted by atomic mass is 32.1. The molecule has 0 saturated heterocycles. The van der Waals surface area contributed by atoms with Gasteiger partial charge in [0.25, 0.3) is 5.91 Å². The Morgan fingerprint density at radius 2 is 1.38 bits per heavy atom. The van der Waals surface area contributed by atoms with Gasteiger partial charge in [0.1, 0.15) is 0 Å². The molecule has 26 heavy (non-hydrogen) atoms. The van der Waals surface area contributed by atoms with Gasteiger partial charge in [-0.2, -0.15) is 0 Å². The number of hydrogen-bond donors (Lipinski definition) is 3. The molecule has 7 heteroatoms. The highest BCUT2D eigenvalue weighted by Gasteiger charge is 2.18. The number of carbonyl (C=O) groups is 3. The van der Waals surface area contributed by atoms with Gasteiger partial charge in [0.05, 0.1) is 10.4 Å². The summed E-state index contributed by atoms with van der Waals surface area (Å²) in [6.07, 6.45) is 0. The minimum Gasteiger partial charge on any atom is -0.351 e. The first-order valence-corrected chi connectivity index (χ1v) is 8.57. The van der Waals surface area contributed by atoms with Crippen molar-refractivity contribution in [3.8, 4) is 0 Å². The predicted octanol–water partition coefficient (Wildman–Crippen LogP) is 3.72. The minimum absolute atomic E-state index is 0.188. The molecule has 2 aromatic carbocycles. The lowest BCUT2D eigenvalue weighted by Crippen LogP contribution is -2.19. The van der Waals surface area contributed by atoms with Gasteiger partial charge in [-0.25, -0.2) is 4.79 Å². The number of nitrogens with one attached hydrogen (secondary N) is 2. The van der Waals surface area contributed by atoms with Gasteiger partial charge in [-0.3, -0.25) is 9.59 Å². The summed E-state index contributed by atoms with van der Waals surface area (Å²) in [5, 5.41) is 7.00. The molecule has 0 aliphatic rings. The Kier molecular flexibility index (Phi) is 5.09. The molecule has 0 spiro atoms. The minimum atomic E-state index is -0.664. The molecule has 0 atom stereocenters. The number of ketones is 1. The first-order valence-electron chi connectivity index (χ1n) is 7.69. The highest BCUT2D eigenvalue weighted by molar-refractivity contribution is 7.12. The molecule has 6 nitrogen and oxygen atoms in total. The molecule has 0 aliphatic heterocycles. The second-order valence-electron chi connectivity index (χ2n) is 5.37. The van der Waals surface area contributed by atoms with E-state index in [-0.39, 0.29) is 11.7 Å². The Labute approximate surface area is 153 Å². The molecule has 0 fully saturated rings. The second-order valence-corrected chi connectivity index (χ2v) is 6.32. The van der Waals surface area contributed by atoms with E-state index in [4.69, 9.17) is 5.73 Å². The number of anilines is 2. The van der Waals surface area contributed by atoms with Gasteiger partial charge in [0.2, 0.25) is 5.78 Å². The van der Waals surface area contributed by atoms with Crippen molar-refractivity contribution in [1.82, 2.24) is 0 Å². The molecule has 0 unspecified atom stereocenters. The van der Waals surface area contributed by atoms with Gasteiger partial charge in [-0.15, -0.1) is 11.3 Å². The fourth-order valence-corrected chi connectivity index (χ4v) is 3.08. The predicted molar refractivity (Wildman–Crippen MR) is 102 cm³/mol. The normalized spacial score (nSPS) is 10.2. The highest BCUT2D eigenvalue weighted by Crippen LogP contribution is 2.20. The third-order valence-electron chi connectivity index (χ3n) is 3.57. The van der Waals surface area contributed by atoms with Crippen LogP contribution in [-0.4, -0.2) is 17.7 Å². The molecular weight excluding hydrogens is 350 g/mol. The van der Waals surface area contributed by atoms with Crippen LogP contribution in [0.1, 0.15) is 25.6 Å². The van der Waals surface area contributed by atoms with Crippen LogP contribution in [0.4, 0.5) is 16.2 Å². The Balaban J connectivity index is 1.80. The van der Waals surface area contributed by atoms with E-state index in [1.165, 1.54) is 11.3 Å². The van der Waals surface area contributed by atoms with Crippen LogP contribution in [0.5, 0.6) is 0 Å². The van der Waals surface area contributed by atoms with Crippen LogP contribution in [0.15, 0.2) is 66.0 Å². The van der Waals surface area contributed by atoms with Crippen molar-refractivity contribution in [2.45, 2.75) is 0 Å². The van der Waals surface area contributed by atoms with Crippen molar-refractivity contribution in [3.63, 3.8) is 0 Å². The zero-order valence-corrected chi connectivity index (χ0v) is 14.4. The smallest absolute Gasteiger partial charge is 0.316 e. The number of carbonyl (C=O) groups excluding carboxylic acids is 3. The van der Waals surface area contributed by atoms with Gasteiger partial charge in [0, 0.05) is 16.9 Å². The summed E-state index contributed by atoms with van der Waals surface area (Å²) in [6, 6.07) is 16.0. The maximum absolute atomic E-state index is 12.6. The van der Waals surface area contributed by atoms with E-state index in [1.807, 2.05) is 5.38 Å². The monoisotopic (exact) mass is 365 g/mol. The molecule has 1 heterocycles. The number of thiophene rings is 1. The summed E-state index contributed by atoms with van der Waals surface area (Å²) in [4.78, 5) is 36.6. The Hall–Kier alpha value is -3.45. The molecule has 0 saturated carbocycles. The third kappa shape index (κ3) is 3.96. The number of amides is 3. The molecule has 0 radical (unpaired) electrons. The van der Waals surface area contributed by atoms with Gasteiger partial charge in [0.15, 0.2) is 0 Å². The van der Waals surface area contributed by atoms with E-state index in [1.54, 1.807) is 60.7 Å². The number of benzene rings is 2. The fourth-order valence-electron chi connectivity index (χ4n) is 2.40. The lowest BCUT2D eigenvalue weighted by Gasteiger charge is -2.10. The maximum Gasteiger partial charge on any atom is 0.316 e. The molecule has 3 aromatic rings. The topological polar surface area (TPSA) is 101 Å². The second kappa shape index (κ2) is 7.62. The molecule has 3 amide bonds. The van der Waals surface area contributed by atoms with Crippen LogP contribution in [0.3, 0.4) is 0 Å². The van der Waals surface area contributed by atoms with Crippen LogP contribution >= 0.6 is 11.3 Å². The standard InChI is InChI=1S/C19H15N3O3S/c20-19(25)22-13-9-7-12(8-10-13)21-18(24)15-5-2-1-4-14(15)17(23)16-6-3-11-26-16/h1-11H,(H,21,24)(H3,20,22,25). The van der Waals surface area contributed by atoms with E-state index in [0.29, 0.717) is 27.4 Å². The van der Waals surface area contributed by atoms with Crippen molar-refractivity contribution in [1.29, 1.82) is 0 Å². The summed E-state index contributed by atoms with van der Waals surface area (Å²) in [5.74, 6) is -0.576. The van der Waals surface area contributed by atoms with E-state index in [9.17, 15) is 14.4 Å². The largest absolute Gasteiger partial charge is 0.351 e. The first-order chi connectivity index (χ1) is 12.5. The Morgan fingerprint density at radius 3 is 1.96 bits per heavy atom. The summed E-state index contributed by atoms with van der Waals surface area (Å²) in [6.45, 7) is 0. The first kappa shape index (κ1) is 17.4. The van der Waals surface area contributed by atoms with Gasteiger partial charge in [-0.1, -0.05) is 24.3 Å². The Morgan fingerprint density at radius 1 is 0.769 bits per heavy atom. The number of nitrogens with two attached hydrogens (primary N) is 1. The quantitative estimate of drug-likeness (QED) is 0.601. The van der Waals surface area contributed by atoms with E-state index in [0.717, 1.165) is 0 Å². The fraction of sp³-hybridized carbons (Fsp3) is 0. The number of primary amides is 1. The van der Waals surface area contributed by atoms with E-state index < -0.39 is 6.03 Å². The average molecular weight is 365 g/mol. The Bertz CT molecular complexity index is 950. The molecule has 130 valence electrons. The lowest BCUT2D eigenvalue weighted by molar-refractivity contribution is 0.0998. The van der Waals surface area contributed by atoms with Crippen molar-refractivity contribution in [2.75, 3.05) is 10.6 Å². The van der Waals surface area contributed by atoms with Crippen molar-refractivity contribution >= 4 is 40.4 Å². The zero-order valence-electron chi connectivity index (χ0n) is 13.6. The molecule has 0 aliphatic carbocycles. The van der Waals surface area contributed by atoms with Crippen LogP contribution < -0.4 is 16.4 Å². The van der Waals surface area contributed by atoms with Gasteiger partial charge in [-0.05, 0) is 41.8 Å². The summed E-state index contributed by atoms with van der Waals surface area (Å²) >= 11 is 1.33. The average Bonchev–Trinajstić information content (AvgIpc) is 3.17. The van der Waals surface area contributed by atoms with Crippen LogP contribution in [-0.2, 0) is 0 Å². The summed E-state index contributed by atoms with van der Waals surface area (Å²) < 4.78 is 0. The maximum atomic E-state index is 12.6. The molecular formula is C19H15N3O3S.